The molecule has 0 atom stereocenters. The van der Waals surface area contributed by atoms with Crippen molar-refractivity contribution in [2.45, 2.75) is 6.92 Å². The molecule has 0 saturated heterocycles. The number of hydrogen-bond donors (Lipinski definition) is 3. The number of amides is 1. The summed E-state index contributed by atoms with van der Waals surface area (Å²) in [5.41, 5.74) is 6.34. The van der Waals surface area contributed by atoms with Crippen molar-refractivity contribution in [2.24, 2.45) is 0 Å². The number of carbonyl (C=O) groups excluding carboxylic acids is 1. The topological polar surface area (TPSA) is 78.6 Å². The van der Waals surface area contributed by atoms with E-state index in [1.54, 1.807) is 0 Å². The van der Waals surface area contributed by atoms with Gasteiger partial charge in [-0.05, 0) is 31.8 Å². The average molecular weight is 237 g/mol. The number of phenolic OH excluding ortho intramolecular Hbond substituents is 1. The third-order valence-corrected chi connectivity index (χ3v) is 2.60. The maximum absolute atomic E-state index is 11.8. The molecular weight excluding hydrogens is 218 g/mol. The Morgan fingerprint density at radius 3 is 2.88 bits per heavy atom. The second-order valence-electron chi connectivity index (χ2n) is 3.92. The molecule has 5 nitrogen and oxygen atoms in total. The van der Waals surface area contributed by atoms with Gasteiger partial charge in [-0.2, -0.15) is 0 Å². The van der Waals surface area contributed by atoms with Gasteiger partial charge in [-0.3, -0.25) is 4.79 Å². The van der Waals surface area contributed by atoms with Crippen LogP contribution < -0.4 is 11.1 Å². The first-order valence-corrected chi connectivity index (χ1v) is 5.59. The molecule has 0 radical (unpaired) electrons. The number of phenols is 1. The predicted octanol–water partition coefficient (Wildman–Crippen LogP) is 0.656. The van der Waals surface area contributed by atoms with Gasteiger partial charge in [-0.25, -0.2) is 0 Å². The largest absolute Gasteiger partial charge is 0.508 e. The first kappa shape index (κ1) is 13.3. The highest BCUT2D eigenvalue weighted by atomic mass is 16.3. The van der Waals surface area contributed by atoms with Crippen molar-refractivity contribution in [1.82, 2.24) is 10.2 Å². The highest BCUT2D eigenvalue weighted by Gasteiger charge is 2.09. The minimum atomic E-state index is -0.261. The SMILES string of the molecule is CCN(C)CCNC(=O)c1cc(O)ccc1N. The van der Waals surface area contributed by atoms with E-state index in [1.807, 2.05) is 7.05 Å². The lowest BCUT2D eigenvalue weighted by Gasteiger charge is -2.14. The maximum atomic E-state index is 11.8. The van der Waals surface area contributed by atoms with Crippen LogP contribution in [0.5, 0.6) is 5.75 Å². The fourth-order valence-electron chi connectivity index (χ4n) is 1.35. The maximum Gasteiger partial charge on any atom is 0.253 e. The van der Waals surface area contributed by atoms with Gasteiger partial charge >= 0.3 is 0 Å². The lowest BCUT2D eigenvalue weighted by molar-refractivity contribution is 0.0950. The van der Waals surface area contributed by atoms with Crippen LogP contribution in [-0.2, 0) is 0 Å². The molecule has 17 heavy (non-hydrogen) atoms. The number of likely N-dealkylation sites (N-methyl/N-ethyl adjacent to an activating group) is 1. The van der Waals surface area contributed by atoms with Crippen molar-refractivity contribution in [3.63, 3.8) is 0 Å². The van der Waals surface area contributed by atoms with Crippen LogP contribution >= 0.6 is 0 Å². The summed E-state index contributed by atoms with van der Waals surface area (Å²) in [4.78, 5) is 13.9. The summed E-state index contributed by atoms with van der Waals surface area (Å²) < 4.78 is 0. The van der Waals surface area contributed by atoms with E-state index in [4.69, 9.17) is 5.73 Å². The monoisotopic (exact) mass is 237 g/mol. The summed E-state index contributed by atoms with van der Waals surface area (Å²) in [6, 6.07) is 4.34. The molecule has 1 aromatic rings. The van der Waals surface area contributed by atoms with Gasteiger partial charge in [0.25, 0.3) is 5.91 Å². The number of carbonyl (C=O) groups is 1. The van der Waals surface area contributed by atoms with Crippen molar-refractivity contribution in [1.29, 1.82) is 0 Å². The van der Waals surface area contributed by atoms with E-state index in [0.29, 0.717) is 17.8 Å². The van der Waals surface area contributed by atoms with Crippen LogP contribution in [0.2, 0.25) is 0 Å². The van der Waals surface area contributed by atoms with Crippen molar-refractivity contribution < 1.29 is 9.90 Å². The summed E-state index contributed by atoms with van der Waals surface area (Å²) in [6.07, 6.45) is 0. The lowest BCUT2D eigenvalue weighted by Crippen LogP contribution is -2.33. The molecule has 0 spiro atoms. The Balaban J connectivity index is 2.55. The quantitative estimate of drug-likeness (QED) is 0.519. The predicted molar refractivity (Wildman–Crippen MR) is 68.0 cm³/mol. The van der Waals surface area contributed by atoms with E-state index < -0.39 is 0 Å². The molecule has 0 aliphatic rings. The van der Waals surface area contributed by atoms with Crippen molar-refractivity contribution >= 4 is 11.6 Å². The number of nitrogens with one attached hydrogen (secondary N) is 1. The van der Waals surface area contributed by atoms with Gasteiger partial charge in [0.1, 0.15) is 5.75 Å². The van der Waals surface area contributed by atoms with Crippen LogP contribution in [0.25, 0.3) is 0 Å². The second-order valence-corrected chi connectivity index (χ2v) is 3.92. The Kier molecular flexibility index (Phi) is 4.78. The molecule has 0 aliphatic carbocycles. The van der Waals surface area contributed by atoms with Crippen LogP contribution in [0.4, 0.5) is 5.69 Å². The fraction of sp³-hybridized carbons (Fsp3) is 0.417. The van der Waals surface area contributed by atoms with E-state index >= 15 is 0 Å². The zero-order valence-corrected chi connectivity index (χ0v) is 10.2. The second kappa shape index (κ2) is 6.10. The number of anilines is 1. The van der Waals surface area contributed by atoms with Gasteiger partial charge in [0, 0.05) is 18.8 Å². The highest BCUT2D eigenvalue weighted by Crippen LogP contribution is 2.17. The number of nitrogen functional groups attached to an aromatic ring is 1. The Bertz CT molecular complexity index is 393. The van der Waals surface area contributed by atoms with E-state index in [2.05, 4.69) is 17.1 Å². The molecule has 1 aromatic carbocycles. The van der Waals surface area contributed by atoms with E-state index in [-0.39, 0.29) is 11.7 Å². The first-order chi connectivity index (χ1) is 8.04. The van der Waals surface area contributed by atoms with Gasteiger partial charge in [-0.1, -0.05) is 6.92 Å². The number of aromatic hydroxyl groups is 1. The molecule has 0 fully saturated rings. The molecule has 0 heterocycles. The zero-order valence-electron chi connectivity index (χ0n) is 10.2. The van der Waals surface area contributed by atoms with Crippen molar-refractivity contribution in [2.75, 3.05) is 32.4 Å². The summed E-state index contributed by atoms with van der Waals surface area (Å²) in [7, 11) is 1.98. The van der Waals surface area contributed by atoms with Crippen molar-refractivity contribution in [3.8, 4) is 5.75 Å². The molecule has 0 aromatic heterocycles. The van der Waals surface area contributed by atoms with Gasteiger partial charge < -0.3 is 21.1 Å². The average Bonchev–Trinajstić information content (AvgIpc) is 2.31. The molecule has 1 rings (SSSR count). The van der Waals surface area contributed by atoms with E-state index in [0.717, 1.165) is 13.1 Å². The normalized spacial score (nSPS) is 10.5. The molecule has 1 amide bonds. The van der Waals surface area contributed by atoms with Gasteiger partial charge in [0.15, 0.2) is 0 Å². The lowest BCUT2D eigenvalue weighted by atomic mass is 10.1. The molecule has 5 heteroatoms. The Morgan fingerprint density at radius 2 is 2.24 bits per heavy atom. The molecule has 0 unspecified atom stereocenters. The van der Waals surface area contributed by atoms with Gasteiger partial charge in [0.05, 0.1) is 5.56 Å². The van der Waals surface area contributed by atoms with Crippen molar-refractivity contribution in [3.05, 3.63) is 23.8 Å². The van der Waals surface area contributed by atoms with Crippen LogP contribution in [-0.4, -0.2) is 42.6 Å². The van der Waals surface area contributed by atoms with Crippen LogP contribution in [0.1, 0.15) is 17.3 Å². The Labute approximate surface area is 101 Å². The minimum absolute atomic E-state index is 0.0371. The number of nitrogens with zero attached hydrogens (tertiary/aromatic N) is 1. The van der Waals surface area contributed by atoms with Crippen LogP contribution in [0.3, 0.4) is 0 Å². The number of rotatable bonds is 5. The Morgan fingerprint density at radius 1 is 1.53 bits per heavy atom. The van der Waals surface area contributed by atoms with Crippen LogP contribution in [0.15, 0.2) is 18.2 Å². The summed E-state index contributed by atoms with van der Waals surface area (Å²) in [5.74, 6) is -0.224. The summed E-state index contributed by atoms with van der Waals surface area (Å²) >= 11 is 0. The number of hydrogen-bond acceptors (Lipinski definition) is 4. The standard InChI is InChI=1S/C12H19N3O2/c1-3-15(2)7-6-14-12(17)10-8-9(16)4-5-11(10)13/h4-5,8,16H,3,6-7,13H2,1-2H3,(H,14,17). The zero-order chi connectivity index (χ0) is 12.8. The molecule has 94 valence electrons. The highest BCUT2D eigenvalue weighted by molar-refractivity contribution is 5.99. The number of benzene rings is 1. The third kappa shape index (κ3) is 3.96. The number of nitrogens with two attached hydrogens (primary N) is 1. The van der Waals surface area contributed by atoms with Crippen LogP contribution in [0, 0.1) is 0 Å². The summed E-state index contributed by atoms with van der Waals surface area (Å²) in [6.45, 7) is 4.32. The smallest absolute Gasteiger partial charge is 0.253 e. The third-order valence-electron chi connectivity index (χ3n) is 2.60. The van der Waals surface area contributed by atoms with E-state index in [1.165, 1.54) is 18.2 Å². The molecule has 0 bridgehead atoms. The van der Waals surface area contributed by atoms with Gasteiger partial charge in [-0.15, -0.1) is 0 Å². The molecular formula is C12H19N3O2. The molecule has 4 N–H and O–H groups in total. The Hall–Kier alpha value is -1.75. The van der Waals surface area contributed by atoms with E-state index in [9.17, 15) is 9.90 Å². The molecule has 0 saturated carbocycles. The first-order valence-electron chi connectivity index (χ1n) is 5.59. The summed E-state index contributed by atoms with van der Waals surface area (Å²) in [5, 5.41) is 12.1. The molecule has 0 aliphatic heterocycles. The minimum Gasteiger partial charge on any atom is -0.508 e. The van der Waals surface area contributed by atoms with Gasteiger partial charge in [0.2, 0.25) is 0 Å². The fourth-order valence-corrected chi connectivity index (χ4v) is 1.35.